The first-order valence-corrected chi connectivity index (χ1v) is 7.06. The van der Waals surface area contributed by atoms with Crippen LogP contribution < -0.4 is 10.2 Å². The molecule has 1 aliphatic rings. The van der Waals surface area contributed by atoms with Gasteiger partial charge in [0.15, 0.2) is 0 Å². The Morgan fingerprint density at radius 3 is 2.48 bits per heavy atom. The number of aromatic nitrogens is 3. The summed E-state index contributed by atoms with van der Waals surface area (Å²) in [6.45, 7) is 1.82. The molecule has 3 rings (SSSR count). The predicted octanol–water partition coefficient (Wildman–Crippen LogP) is 2.74. The van der Waals surface area contributed by atoms with Gasteiger partial charge in [0.1, 0.15) is 6.07 Å². The Bertz CT molecular complexity index is 673. The summed E-state index contributed by atoms with van der Waals surface area (Å²) in [5, 5.41) is 12.8. The maximum Gasteiger partial charge on any atom is 0.238 e. The SMILES string of the molecule is N#Cc1nc(Nc2ccc(Cl)cc2)nc(N2CCCC2)n1. The van der Waals surface area contributed by atoms with E-state index in [0.29, 0.717) is 16.9 Å². The van der Waals surface area contributed by atoms with Crippen molar-refractivity contribution in [3.8, 4) is 6.07 Å². The molecule has 0 radical (unpaired) electrons. The van der Waals surface area contributed by atoms with Gasteiger partial charge in [0, 0.05) is 23.8 Å². The molecule has 1 saturated heterocycles. The van der Waals surface area contributed by atoms with Crippen molar-refractivity contribution in [1.82, 2.24) is 15.0 Å². The minimum atomic E-state index is 0.114. The zero-order valence-corrected chi connectivity index (χ0v) is 12.0. The number of anilines is 3. The number of hydrogen-bond donors (Lipinski definition) is 1. The van der Waals surface area contributed by atoms with Gasteiger partial charge in [-0.3, -0.25) is 0 Å². The first kappa shape index (κ1) is 13.6. The van der Waals surface area contributed by atoms with Crippen LogP contribution in [-0.4, -0.2) is 28.0 Å². The molecule has 0 aliphatic carbocycles. The van der Waals surface area contributed by atoms with Crippen LogP contribution in [0.15, 0.2) is 24.3 Å². The van der Waals surface area contributed by atoms with E-state index in [-0.39, 0.29) is 5.82 Å². The Morgan fingerprint density at radius 1 is 1.10 bits per heavy atom. The first-order chi connectivity index (χ1) is 10.2. The van der Waals surface area contributed by atoms with E-state index in [9.17, 15) is 0 Å². The lowest BCUT2D eigenvalue weighted by atomic mass is 10.3. The van der Waals surface area contributed by atoms with Crippen molar-refractivity contribution in [3.63, 3.8) is 0 Å². The molecule has 1 aliphatic heterocycles. The summed E-state index contributed by atoms with van der Waals surface area (Å²) in [7, 11) is 0. The summed E-state index contributed by atoms with van der Waals surface area (Å²) >= 11 is 5.85. The van der Waals surface area contributed by atoms with Gasteiger partial charge in [0.25, 0.3) is 0 Å². The number of halogens is 1. The molecule has 21 heavy (non-hydrogen) atoms. The number of hydrogen-bond acceptors (Lipinski definition) is 6. The van der Waals surface area contributed by atoms with E-state index in [4.69, 9.17) is 16.9 Å². The molecular formula is C14H13ClN6. The Labute approximate surface area is 127 Å². The summed E-state index contributed by atoms with van der Waals surface area (Å²) < 4.78 is 0. The highest BCUT2D eigenvalue weighted by Crippen LogP contribution is 2.20. The highest BCUT2D eigenvalue weighted by molar-refractivity contribution is 6.30. The molecule has 0 amide bonds. The molecule has 2 heterocycles. The average molecular weight is 301 g/mol. The fourth-order valence-corrected chi connectivity index (χ4v) is 2.32. The van der Waals surface area contributed by atoms with E-state index in [1.807, 2.05) is 18.2 Å². The Morgan fingerprint density at radius 2 is 1.81 bits per heavy atom. The maximum atomic E-state index is 9.07. The molecule has 7 heteroatoms. The standard InChI is InChI=1S/C14H13ClN6/c15-10-3-5-11(6-4-10)17-13-18-12(9-16)19-14(20-13)21-7-1-2-8-21/h3-6H,1-2,7-8H2,(H,17,18,19,20). The number of benzene rings is 1. The molecule has 0 spiro atoms. The molecule has 2 aromatic rings. The Balaban J connectivity index is 1.88. The number of rotatable bonds is 3. The molecule has 106 valence electrons. The number of nitrogens with one attached hydrogen (secondary N) is 1. The summed E-state index contributed by atoms with van der Waals surface area (Å²) in [6, 6.07) is 9.18. The van der Waals surface area contributed by atoms with Crippen molar-refractivity contribution in [2.24, 2.45) is 0 Å². The minimum absolute atomic E-state index is 0.114. The fraction of sp³-hybridized carbons (Fsp3) is 0.286. The second-order valence-corrected chi connectivity index (χ2v) is 5.16. The molecular weight excluding hydrogens is 288 g/mol. The van der Waals surface area contributed by atoms with Crippen LogP contribution in [0.5, 0.6) is 0 Å². The van der Waals surface area contributed by atoms with Crippen LogP contribution in [0, 0.1) is 11.3 Å². The number of nitriles is 1. The molecule has 0 bridgehead atoms. The first-order valence-electron chi connectivity index (χ1n) is 6.68. The molecule has 1 aromatic heterocycles. The van der Waals surface area contributed by atoms with Crippen molar-refractivity contribution in [2.75, 3.05) is 23.3 Å². The zero-order valence-electron chi connectivity index (χ0n) is 11.3. The molecule has 0 unspecified atom stereocenters. The van der Waals surface area contributed by atoms with E-state index in [2.05, 4.69) is 25.2 Å². The maximum absolute atomic E-state index is 9.07. The summed E-state index contributed by atoms with van der Waals surface area (Å²) in [4.78, 5) is 14.7. The lowest BCUT2D eigenvalue weighted by Gasteiger charge is -2.15. The second-order valence-electron chi connectivity index (χ2n) is 4.72. The van der Waals surface area contributed by atoms with Crippen LogP contribution in [0.1, 0.15) is 18.7 Å². The van der Waals surface area contributed by atoms with E-state index in [1.54, 1.807) is 12.1 Å². The van der Waals surface area contributed by atoms with Gasteiger partial charge in [-0.1, -0.05) is 11.6 Å². The van der Waals surface area contributed by atoms with E-state index in [1.165, 1.54) is 0 Å². The van der Waals surface area contributed by atoms with Gasteiger partial charge in [-0.15, -0.1) is 0 Å². The van der Waals surface area contributed by atoms with Crippen LogP contribution in [0.25, 0.3) is 0 Å². The van der Waals surface area contributed by atoms with Gasteiger partial charge in [0.05, 0.1) is 0 Å². The van der Waals surface area contributed by atoms with Gasteiger partial charge >= 0.3 is 0 Å². The monoisotopic (exact) mass is 300 g/mol. The lowest BCUT2D eigenvalue weighted by molar-refractivity contribution is 0.875. The summed E-state index contributed by atoms with van der Waals surface area (Å²) in [6.07, 6.45) is 2.24. The fourth-order valence-electron chi connectivity index (χ4n) is 2.19. The van der Waals surface area contributed by atoms with Crippen molar-refractivity contribution in [2.45, 2.75) is 12.8 Å². The summed E-state index contributed by atoms with van der Waals surface area (Å²) in [5.74, 6) is 1.03. The van der Waals surface area contributed by atoms with Crippen molar-refractivity contribution in [3.05, 3.63) is 35.1 Å². The third kappa shape index (κ3) is 3.20. The van der Waals surface area contributed by atoms with Crippen LogP contribution in [0.3, 0.4) is 0 Å². The van der Waals surface area contributed by atoms with Crippen molar-refractivity contribution in [1.29, 1.82) is 5.26 Å². The number of nitrogens with zero attached hydrogens (tertiary/aromatic N) is 5. The van der Waals surface area contributed by atoms with Gasteiger partial charge in [-0.25, -0.2) is 0 Å². The highest BCUT2D eigenvalue weighted by atomic mass is 35.5. The van der Waals surface area contributed by atoms with E-state index >= 15 is 0 Å². The molecule has 1 aromatic carbocycles. The molecule has 0 atom stereocenters. The highest BCUT2D eigenvalue weighted by Gasteiger charge is 2.17. The van der Waals surface area contributed by atoms with Crippen LogP contribution in [-0.2, 0) is 0 Å². The van der Waals surface area contributed by atoms with Gasteiger partial charge in [-0.2, -0.15) is 20.2 Å². The predicted molar refractivity (Wildman–Crippen MR) is 80.7 cm³/mol. The van der Waals surface area contributed by atoms with Crippen molar-refractivity contribution >= 4 is 29.2 Å². The quantitative estimate of drug-likeness (QED) is 0.939. The third-order valence-corrected chi connectivity index (χ3v) is 3.46. The topological polar surface area (TPSA) is 77.7 Å². The smallest absolute Gasteiger partial charge is 0.238 e. The molecule has 1 N–H and O–H groups in total. The Hall–Kier alpha value is -2.39. The van der Waals surface area contributed by atoms with Crippen LogP contribution in [0.4, 0.5) is 17.6 Å². The Kier molecular flexibility index (Phi) is 3.84. The molecule has 6 nitrogen and oxygen atoms in total. The van der Waals surface area contributed by atoms with Gasteiger partial charge in [-0.05, 0) is 37.1 Å². The molecule has 1 fully saturated rings. The third-order valence-electron chi connectivity index (χ3n) is 3.21. The normalized spacial score (nSPS) is 14.0. The lowest BCUT2D eigenvalue weighted by Crippen LogP contribution is -2.21. The minimum Gasteiger partial charge on any atom is -0.341 e. The van der Waals surface area contributed by atoms with E-state index in [0.717, 1.165) is 31.6 Å². The van der Waals surface area contributed by atoms with Crippen molar-refractivity contribution < 1.29 is 0 Å². The summed E-state index contributed by atoms with van der Waals surface area (Å²) in [5.41, 5.74) is 0.807. The van der Waals surface area contributed by atoms with Gasteiger partial charge in [0.2, 0.25) is 17.7 Å². The van der Waals surface area contributed by atoms with Crippen LogP contribution >= 0.6 is 11.6 Å². The van der Waals surface area contributed by atoms with E-state index < -0.39 is 0 Å². The average Bonchev–Trinajstić information content (AvgIpc) is 3.04. The van der Waals surface area contributed by atoms with Crippen LogP contribution in [0.2, 0.25) is 5.02 Å². The second kappa shape index (κ2) is 5.94. The largest absolute Gasteiger partial charge is 0.341 e. The molecule has 0 saturated carbocycles. The van der Waals surface area contributed by atoms with Gasteiger partial charge < -0.3 is 10.2 Å². The zero-order chi connectivity index (χ0) is 14.7.